The molecule has 2 fully saturated rings. The van der Waals surface area contributed by atoms with E-state index in [1.165, 1.54) is 25.7 Å². The lowest BCUT2D eigenvalue weighted by Gasteiger charge is -2.26. The highest BCUT2D eigenvalue weighted by molar-refractivity contribution is 14.0. The molecule has 2 aliphatic rings. The number of hydrogen-bond donors (Lipinski definition) is 3. The maximum absolute atomic E-state index is 12.1. The molecule has 0 aromatic heterocycles. The van der Waals surface area contributed by atoms with Gasteiger partial charge in [0.25, 0.3) is 0 Å². The van der Waals surface area contributed by atoms with E-state index in [0.717, 1.165) is 50.7 Å². The van der Waals surface area contributed by atoms with Crippen molar-refractivity contribution in [1.29, 1.82) is 0 Å². The Morgan fingerprint density at radius 3 is 2.57 bits per heavy atom. The smallest absolute Gasteiger partial charge is 0.213 e. The Labute approximate surface area is 188 Å². The number of sulfonamides is 1. The Hall–Kier alpha value is -0.130. The van der Waals surface area contributed by atoms with E-state index in [0.29, 0.717) is 19.0 Å². The van der Waals surface area contributed by atoms with Crippen LogP contribution in [0.1, 0.15) is 58.3 Å². The summed E-state index contributed by atoms with van der Waals surface area (Å²) in [7, 11) is -1.59. The standard InChI is InChI=1S/C19H38N4O3S.HI/c1-16-6-5-7-17(14-16)9-10-21-19(20-2)22-11-13-27(24,25)23-15-18-8-3-4-12-26-18;/h16-18,23H,3-15H2,1-2H3,(H2,20,21,22);1H. The molecule has 1 saturated carbocycles. The van der Waals surface area contributed by atoms with Gasteiger partial charge in [0.05, 0.1) is 11.9 Å². The van der Waals surface area contributed by atoms with Crippen LogP contribution in [0.4, 0.5) is 0 Å². The van der Waals surface area contributed by atoms with Crippen molar-refractivity contribution in [3.63, 3.8) is 0 Å². The Morgan fingerprint density at radius 2 is 1.89 bits per heavy atom. The molecule has 0 aromatic rings. The van der Waals surface area contributed by atoms with Crippen LogP contribution >= 0.6 is 24.0 Å². The molecule has 0 amide bonds. The fourth-order valence-corrected chi connectivity index (χ4v) is 4.96. The van der Waals surface area contributed by atoms with Gasteiger partial charge in [-0.05, 0) is 43.9 Å². The number of nitrogens with one attached hydrogen (secondary N) is 3. The molecule has 9 heteroatoms. The van der Waals surface area contributed by atoms with Crippen molar-refractivity contribution in [2.75, 3.05) is 39.0 Å². The summed E-state index contributed by atoms with van der Waals surface area (Å²) >= 11 is 0. The van der Waals surface area contributed by atoms with E-state index in [1.807, 2.05) is 0 Å². The molecule has 3 atom stereocenters. The number of halogens is 1. The second-order valence-corrected chi connectivity index (χ2v) is 9.93. The number of aliphatic imine (C=N–C) groups is 1. The number of hydrogen-bond acceptors (Lipinski definition) is 4. The van der Waals surface area contributed by atoms with Crippen molar-refractivity contribution >= 4 is 40.0 Å². The second kappa shape index (κ2) is 14.0. The number of guanidine groups is 1. The van der Waals surface area contributed by atoms with Gasteiger partial charge in [0.15, 0.2) is 5.96 Å². The van der Waals surface area contributed by atoms with Crippen LogP contribution in [0, 0.1) is 11.8 Å². The van der Waals surface area contributed by atoms with Crippen molar-refractivity contribution in [2.24, 2.45) is 16.8 Å². The van der Waals surface area contributed by atoms with E-state index in [2.05, 4.69) is 27.3 Å². The highest BCUT2D eigenvalue weighted by Gasteiger charge is 2.19. The zero-order chi connectivity index (χ0) is 19.5. The van der Waals surface area contributed by atoms with Gasteiger partial charge in [0, 0.05) is 33.3 Å². The summed E-state index contributed by atoms with van der Waals surface area (Å²) < 4.78 is 32.5. The third kappa shape index (κ3) is 10.6. The fraction of sp³-hybridized carbons (Fsp3) is 0.947. The van der Waals surface area contributed by atoms with E-state index in [-0.39, 0.29) is 35.8 Å². The van der Waals surface area contributed by atoms with Crippen LogP contribution in [0.15, 0.2) is 4.99 Å². The highest BCUT2D eigenvalue weighted by Crippen LogP contribution is 2.30. The first-order valence-electron chi connectivity index (χ1n) is 10.5. The van der Waals surface area contributed by atoms with Crippen LogP contribution < -0.4 is 15.4 Å². The Kier molecular flexibility index (Phi) is 12.9. The van der Waals surface area contributed by atoms with E-state index in [4.69, 9.17) is 4.74 Å². The van der Waals surface area contributed by atoms with Crippen LogP contribution in [-0.4, -0.2) is 59.5 Å². The molecule has 1 aliphatic heterocycles. The van der Waals surface area contributed by atoms with Crippen LogP contribution in [0.3, 0.4) is 0 Å². The Morgan fingerprint density at radius 1 is 1.11 bits per heavy atom. The molecular formula is C19H39IN4O3S. The molecule has 0 aromatic carbocycles. The van der Waals surface area contributed by atoms with Crippen molar-refractivity contribution in [3.05, 3.63) is 0 Å². The first-order chi connectivity index (χ1) is 13.0. The molecule has 1 heterocycles. The van der Waals surface area contributed by atoms with E-state index in [1.54, 1.807) is 7.05 Å². The summed E-state index contributed by atoms with van der Waals surface area (Å²) in [5.41, 5.74) is 0. The number of rotatable bonds is 9. The van der Waals surface area contributed by atoms with Gasteiger partial charge >= 0.3 is 0 Å². The van der Waals surface area contributed by atoms with Crippen LogP contribution in [0.2, 0.25) is 0 Å². The summed E-state index contributed by atoms with van der Waals surface area (Å²) in [5.74, 6) is 2.34. The third-order valence-corrected chi connectivity index (χ3v) is 6.93. The molecule has 28 heavy (non-hydrogen) atoms. The van der Waals surface area contributed by atoms with Crippen LogP contribution in [-0.2, 0) is 14.8 Å². The van der Waals surface area contributed by atoms with Gasteiger partial charge in [0.2, 0.25) is 10.0 Å². The van der Waals surface area contributed by atoms with Gasteiger partial charge in [0.1, 0.15) is 0 Å². The summed E-state index contributed by atoms with van der Waals surface area (Å²) in [5, 5.41) is 6.40. The average molecular weight is 531 g/mol. The summed E-state index contributed by atoms with van der Waals surface area (Å²) in [6.45, 7) is 4.65. The van der Waals surface area contributed by atoms with Crippen molar-refractivity contribution in [3.8, 4) is 0 Å². The largest absolute Gasteiger partial charge is 0.377 e. The summed E-state index contributed by atoms with van der Waals surface area (Å²) in [6, 6.07) is 0. The molecular weight excluding hydrogens is 491 g/mol. The van der Waals surface area contributed by atoms with Crippen LogP contribution in [0.5, 0.6) is 0 Å². The van der Waals surface area contributed by atoms with Crippen molar-refractivity contribution in [1.82, 2.24) is 15.4 Å². The zero-order valence-corrected chi connectivity index (χ0v) is 20.6. The summed E-state index contributed by atoms with van der Waals surface area (Å²) in [4.78, 5) is 4.18. The molecule has 3 N–H and O–H groups in total. The SMILES string of the molecule is CN=C(NCCC1CCCC(C)C1)NCCS(=O)(=O)NCC1CCCCO1.I. The van der Waals surface area contributed by atoms with E-state index >= 15 is 0 Å². The van der Waals surface area contributed by atoms with E-state index < -0.39 is 10.0 Å². The predicted octanol–water partition coefficient (Wildman–Crippen LogP) is 2.47. The monoisotopic (exact) mass is 530 g/mol. The van der Waals surface area contributed by atoms with E-state index in [9.17, 15) is 8.42 Å². The maximum Gasteiger partial charge on any atom is 0.213 e. The quantitative estimate of drug-likeness (QED) is 0.242. The molecule has 0 radical (unpaired) electrons. The maximum atomic E-state index is 12.1. The van der Waals surface area contributed by atoms with Gasteiger partial charge in [-0.15, -0.1) is 24.0 Å². The normalized spacial score (nSPS) is 26.4. The molecule has 1 saturated heterocycles. The molecule has 0 bridgehead atoms. The lowest BCUT2D eigenvalue weighted by molar-refractivity contribution is 0.0200. The lowest BCUT2D eigenvalue weighted by Crippen LogP contribution is -2.43. The van der Waals surface area contributed by atoms with Gasteiger partial charge in [-0.2, -0.15) is 0 Å². The molecule has 1 aliphatic carbocycles. The van der Waals surface area contributed by atoms with Gasteiger partial charge in [-0.1, -0.05) is 26.2 Å². The van der Waals surface area contributed by atoms with Gasteiger partial charge < -0.3 is 15.4 Å². The third-order valence-electron chi connectivity index (χ3n) is 5.58. The Balaban J connectivity index is 0.00000392. The number of ether oxygens (including phenoxy) is 1. The first-order valence-corrected chi connectivity index (χ1v) is 12.2. The molecule has 0 spiro atoms. The minimum absolute atomic E-state index is 0. The topological polar surface area (TPSA) is 91.8 Å². The molecule has 2 rings (SSSR count). The van der Waals surface area contributed by atoms with Gasteiger partial charge in [-0.3, -0.25) is 4.99 Å². The average Bonchev–Trinajstić information content (AvgIpc) is 2.66. The lowest BCUT2D eigenvalue weighted by atomic mass is 9.81. The zero-order valence-electron chi connectivity index (χ0n) is 17.4. The fourth-order valence-electron chi connectivity index (χ4n) is 4.00. The molecule has 7 nitrogen and oxygen atoms in total. The molecule has 3 unspecified atom stereocenters. The number of nitrogens with zero attached hydrogens (tertiary/aromatic N) is 1. The van der Waals surface area contributed by atoms with Crippen LogP contribution in [0.25, 0.3) is 0 Å². The predicted molar refractivity (Wildman–Crippen MR) is 126 cm³/mol. The first kappa shape index (κ1) is 25.9. The highest BCUT2D eigenvalue weighted by atomic mass is 127. The summed E-state index contributed by atoms with van der Waals surface area (Å²) in [6.07, 6.45) is 9.61. The second-order valence-electron chi connectivity index (χ2n) is 8.01. The van der Waals surface area contributed by atoms with Crippen molar-refractivity contribution < 1.29 is 13.2 Å². The van der Waals surface area contributed by atoms with Crippen molar-refractivity contribution in [2.45, 2.75) is 64.4 Å². The van der Waals surface area contributed by atoms with Gasteiger partial charge in [-0.25, -0.2) is 13.1 Å². The molecule has 166 valence electrons. The Bertz CT molecular complexity index is 553. The minimum atomic E-state index is -3.30. The minimum Gasteiger partial charge on any atom is -0.377 e.